The third-order valence-corrected chi connectivity index (χ3v) is 0.980. The summed E-state index contributed by atoms with van der Waals surface area (Å²) < 4.78 is 6.10. The Morgan fingerprint density at radius 2 is 1.57 bits per heavy atom. The van der Waals surface area contributed by atoms with Crippen molar-refractivity contribution in [2.24, 2.45) is 6.73 Å². The van der Waals surface area contributed by atoms with E-state index < -0.39 is 21.5 Å². The predicted octanol–water partition coefficient (Wildman–Crippen LogP) is 1.14. The molecule has 0 radical (unpaired) electrons. The molecule has 7 heteroatoms. The first-order valence-electron chi connectivity index (χ1n) is 1.17. The van der Waals surface area contributed by atoms with E-state index in [2.05, 4.69) is 16.6 Å². The van der Waals surface area contributed by atoms with Crippen molar-refractivity contribution in [1.29, 1.82) is 0 Å². The summed E-state index contributed by atoms with van der Waals surface area (Å²) >= 11 is -1.11. The second-order valence-electron chi connectivity index (χ2n) is 0.424. The van der Waals surface area contributed by atoms with Crippen LogP contribution < -0.4 is 0 Å². The fourth-order valence-corrected chi connectivity index (χ4v) is 0.329. The van der Waals surface area contributed by atoms with E-state index in [1.54, 1.807) is 0 Å². The van der Waals surface area contributed by atoms with Gasteiger partial charge in [-0.3, -0.25) is 0 Å². The molecule has 0 aliphatic carbocycles. The second-order valence-corrected chi connectivity index (χ2v) is 1.82. The number of hydrogen-bond donors (Lipinski definition) is 0. The Balaban J connectivity index is 3.33. The van der Waals surface area contributed by atoms with Crippen LogP contribution in [-0.4, -0.2) is 21.5 Å². The first-order chi connectivity index (χ1) is 3.41. The molecule has 7 heavy (non-hydrogen) atoms. The maximum absolute atomic E-state index is 7.60. The van der Waals surface area contributed by atoms with Crippen LogP contribution in [0, 0.1) is 0 Å². The zero-order valence-electron chi connectivity index (χ0n) is 3.09. The normalized spacial score (nSPS) is 5.71. The van der Waals surface area contributed by atoms with Crippen molar-refractivity contribution >= 4 is 21.5 Å². The Kier molecular flexibility index (Phi) is 4.95. The van der Waals surface area contributed by atoms with E-state index in [1.165, 1.54) is 0 Å². The van der Waals surface area contributed by atoms with E-state index in [4.69, 9.17) is 11.1 Å². The first-order valence-corrected chi connectivity index (χ1v) is 3.25. The Labute approximate surface area is 49.5 Å². The SMILES string of the molecule is [N-]=[N+]=N[Te]N=[N+]=[N-]. The second kappa shape index (κ2) is 5.41. The van der Waals surface area contributed by atoms with Crippen molar-refractivity contribution in [2.45, 2.75) is 0 Å². The Hall–Kier alpha value is -0.590. The van der Waals surface area contributed by atoms with Crippen molar-refractivity contribution in [3.8, 4) is 0 Å². The van der Waals surface area contributed by atoms with Gasteiger partial charge in [-0.1, -0.05) is 0 Å². The van der Waals surface area contributed by atoms with E-state index in [-0.39, 0.29) is 0 Å². The molecule has 0 aromatic heterocycles. The molecule has 0 N–H and O–H groups in total. The summed E-state index contributed by atoms with van der Waals surface area (Å²) in [5.41, 5.74) is 15.2. The molecule has 0 heterocycles. The summed E-state index contributed by atoms with van der Waals surface area (Å²) in [6.45, 7) is 0. The monoisotopic (exact) mass is 214 g/mol. The van der Waals surface area contributed by atoms with Gasteiger partial charge < -0.3 is 0 Å². The Morgan fingerprint density at radius 1 is 1.14 bits per heavy atom. The van der Waals surface area contributed by atoms with E-state index in [0.717, 1.165) is 0 Å². The number of nitrogens with zero attached hydrogens (tertiary/aromatic N) is 6. The van der Waals surface area contributed by atoms with Crippen molar-refractivity contribution in [3.63, 3.8) is 0 Å². The molecule has 0 amide bonds. The Morgan fingerprint density at radius 3 is 1.86 bits per heavy atom. The van der Waals surface area contributed by atoms with Crippen LogP contribution in [0.1, 0.15) is 0 Å². The molecule has 0 atom stereocenters. The molecule has 0 rings (SSSR count). The summed E-state index contributed by atoms with van der Waals surface area (Å²) in [6, 6.07) is 0. The van der Waals surface area contributed by atoms with E-state index in [0.29, 0.717) is 0 Å². The molecule has 0 bridgehead atoms. The predicted molar refractivity (Wildman–Crippen MR) is 24.0 cm³/mol. The summed E-state index contributed by atoms with van der Waals surface area (Å²) in [7, 11) is 0. The molecule has 36 valence electrons. The molecule has 0 unspecified atom stereocenters. The molecule has 0 saturated heterocycles. The molecule has 0 aliphatic rings. The molecular weight excluding hydrogens is 212 g/mol. The van der Waals surface area contributed by atoms with Gasteiger partial charge in [-0.25, -0.2) is 0 Å². The van der Waals surface area contributed by atoms with Crippen LogP contribution in [0.3, 0.4) is 0 Å². The van der Waals surface area contributed by atoms with Gasteiger partial charge in [-0.2, -0.15) is 0 Å². The zero-order chi connectivity index (χ0) is 5.54. The minimum atomic E-state index is -1.11. The van der Waals surface area contributed by atoms with Gasteiger partial charge in [-0.15, -0.1) is 0 Å². The Bertz CT molecular complexity index is 107. The van der Waals surface area contributed by atoms with Crippen LogP contribution in [0.5, 0.6) is 0 Å². The molecule has 6 nitrogen and oxygen atoms in total. The van der Waals surface area contributed by atoms with Crippen LogP contribution in [0.15, 0.2) is 6.73 Å². The quantitative estimate of drug-likeness (QED) is 0.283. The summed E-state index contributed by atoms with van der Waals surface area (Å²) in [5, 5.41) is 0. The molecule has 0 fully saturated rings. The van der Waals surface area contributed by atoms with Crippen LogP contribution in [0.2, 0.25) is 0 Å². The van der Waals surface area contributed by atoms with Gasteiger partial charge in [-0.05, 0) is 0 Å². The summed E-state index contributed by atoms with van der Waals surface area (Å²) in [4.78, 5) is 4.78. The number of azide groups is 1. The van der Waals surface area contributed by atoms with Gasteiger partial charge in [0.2, 0.25) is 0 Å². The van der Waals surface area contributed by atoms with E-state index in [1.807, 2.05) is 0 Å². The molecule has 0 aromatic rings. The van der Waals surface area contributed by atoms with Gasteiger partial charge in [0.25, 0.3) is 0 Å². The van der Waals surface area contributed by atoms with Crippen LogP contribution >= 0.6 is 0 Å². The van der Waals surface area contributed by atoms with Crippen molar-refractivity contribution in [1.82, 2.24) is 0 Å². The topological polar surface area (TPSA) is 97.5 Å². The molecule has 0 spiro atoms. The molecule has 0 saturated carbocycles. The zero-order valence-corrected chi connectivity index (χ0v) is 5.42. The number of rotatable bonds is 2. The van der Waals surface area contributed by atoms with Gasteiger partial charge in [0.05, 0.1) is 0 Å². The van der Waals surface area contributed by atoms with Crippen LogP contribution in [0.4, 0.5) is 0 Å². The minimum absolute atomic E-state index is 1.11. The fraction of sp³-hybridized carbons (Fsp3) is 0. The average molecular weight is 212 g/mol. The standard InChI is InChI=1S/N6Te/c1-3-5-7-6-4-2. The van der Waals surface area contributed by atoms with Gasteiger partial charge in [0.15, 0.2) is 0 Å². The van der Waals surface area contributed by atoms with Crippen molar-refractivity contribution in [2.75, 3.05) is 0 Å². The third-order valence-electron chi connectivity index (χ3n) is 0.146. The van der Waals surface area contributed by atoms with E-state index in [9.17, 15) is 0 Å². The van der Waals surface area contributed by atoms with Gasteiger partial charge >= 0.3 is 49.1 Å². The summed E-state index contributed by atoms with van der Waals surface area (Å²) in [6.07, 6.45) is 0. The van der Waals surface area contributed by atoms with Gasteiger partial charge in [0, 0.05) is 0 Å². The summed E-state index contributed by atoms with van der Waals surface area (Å²) in [5.74, 6) is 0. The van der Waals surface area contributed by atoms with Gasteiger partial charge in [0.1, 0.15) is 0 Å². The molecular formula is N6Te. The van der Waals surface area contributed by atoms with Crippen LogP contribution in [-0.2, 0) is 0 Å². The van der Waals surface area contributed by atoms with Crippen LogP contribution in [0.25, 0.3) is 20.9 Å². The van der Waals surface area contributed by atoms with E-state index >= 15 is 0 Å². The number of hydrogen-bond acceptors (Lipinski definition) is 2. The molecule has 0 aromatic carbocycles. The third kappa shape index (κ3) is 5.41. The van der Waals surface area contributed by atoms with Crippen molar-refractivity contribution in [3.05, 3.63) is 20.9 Å². The maximum atomic E-state index is 7.60. The molecule has 0 aliphatic heterocycles. The average Bonchev–Trinajstić information content (AvgIpc) is 1.69. The fourth-order valence-electron chi connectivity index (χ4n) is 0.0490. The first kappa shape index (κ1) is 6.41. The van der Waals surface area contributed by atoms with Crippen molar-refractivity contribution < 1.29 is 0 Å².